The van der Waals surface area contributed by atoms with E-state index in [-0.39, 0.29) is 12.6 Å². The fourth-order valence-corrected chi connectivity index (χ4v) is 1.27. The van der Waals surface area contributed by atoms with Crippen molar-refractivity contribution in [3.63, 3.8) is 0 Å². The van der Waals surface area contributed by atoms with Gasteiger partial charge >= 0.3 is 0 Å². The molecule has 1 heterocycles. The van der Waals surface area contributed by atoms with Crippen molar-refractivity contribution in [2.45, 2.75) is 6.42 Å². The first-order valence-corrected chi connectivity index (χ1v) is 4.69. The van der Waals surface area contributed by atoms with Gasteiger partial charge in [0.15, 0.2) is 5.58 Å². The van der Waals surface area contributed by atoms with Crippen molar-refractivity contribution < 1.29 is 14.3 Å². The molecule has 1 aromatic heterocycles. The monoisotopic (exact) mass is 208 g/mol. The summed E-state index contributed by atoms with van der Waals surface area (Å²) in [6, 6.07) is 5.46. The SMILES string of the molecule is Nc1nc2ccc(OCCCO)cc2o1. The summed E-state index contributed by atoms with van der Waals surface area (Å²) in [5.41, 5.74) is 6.73. The molecule has 0 amide bonds. The minimum absolute atomic E-state index is 0.123. The van der Waals surface area contributed by atoms with Gasteiger partial charge in [-0.2, -0.15) is 4.98 Å². The normalized spacial score (nSPS) is 10.7. The van der Waals surface area contributed by atoms with E-state index in [0.717, 1.165) is 0 Å². The maximum Gasteiger partial charge on any atom is 0.292 e. The van der Waals surface area contributed by atoms with Crippen molar-refractivity contribution in [2.75, 3.05) is 18.9 Å². The topological polar surface area (TPSA) is 81.5 Å². The predicted octanol–water partition coefficient (Wildman–Crippen LogP) is 1.17. The molecule has 0 spiro atoms. The number of nitrogens with two attached hydrogens (primary N) is 1. The lowest BCUT2D eigenvalue weighted by Crippen LogP contribution is -1.99. The summed E-state index contributed by atoms with van der Waals surface area (Å²) >= 11 is 0. The first kappa shape index (κ1) is 9.79. The number of nitrogens with zero attached hydrogens (tertiary/aromatic N) is 1. The van der Waals surface area contributed by atoms with Gasteiger partial charge in [0.2, 0.25) is 0 Å². The van der Waals surface area contributed by atoms with Crippen LogP contribution in [0.3, 0.4) is 0 Å². The van der Waals surface area contributed by atoms with Crippen LogP contribution in [0.4, 0.5) is 6.01 Å². The van der Waals surface area contributed by atoms with Gasteiger partial charge < -0.3 is 20.0 Å². The van der Waals surface area contributed by atoms with Gasteiger partial charge in [0.1, 0.15) is 11.3 Å². The molecule has 0 aliphatic rings. The molecule has 2 rings (SSSR count). The second kappa shape index (κ2) is 4.18. The number of ether oxygens (including phenoxy) is 1. The van der Waals surface area contributed by atoms with Gasteiger partial charge in [-0.1, -0.05) is 0 Å². The highest BCUT2D eigenvalue weighted by Gasteiger charge is 2.03. The predicted molar refractivity (Wildman–Crippen MR) is 55.6 cm³/mol. The minimum atomic E-state index is 0.123. The fourth-order valence-electron chi connectivity index (χ4n) is 1.27. The summed E-state index contributed by atoms with van der Waals surface area (Å²) < 4.78 is 10.5. The Labute approximate surface area is 86.5 Å². The summed E-state index contributed by atoms with van der Waals surface area (Å²) in [6.45, 7) is 0.600. The van der Waals surface area contributed by atoms with E-state index >= 15 is 0 Å². The molecule has 0 saturated carbocycles. The zero-order chi connectivity index (χ0) is 10.7. The molecule has 2 aromatic rings. The Morgan fingerprint density at radius 3 is 3.13 bits per heavy atom. The van der Waals surface area contributed by atoms with Crippen LogP contribution in [0.15, 0.2) is 22.6 Å². The molecule has 0 aliphatic carbocycles. The molecular formula is C10H12N2O3. The second-order valence-corrected chi connectivity index (χ2v) is 3.11. The fraction of sp³-hybridized carbons (Fsp3) is 0.300. The van der Waals surface area contributed by atoms with Crippen LogP contribution in [0.1, 0.15) is 6.42 Å². The van der Waals surface area contributed by atoms with Gasteiger partial charge in [0.25, 0.3) is 6.01 Å². The highest BCUT2D eigenvalue weighted by atomic mass is 16.5. The first-order valence-electron chi connectivity index (χ1n) is 4.69. The third-order valence-electron chi connectivity index (χ3n) is 1.95. The van der Waals surface area contributed by atoms with Crippen LogP contribution in [0.2, 0.25) is 0 Å². The lowest BCUT2D eigenvalue weighted by Gasteiger charge is -2.03. The number of fused-ring (bicyclic) bond motifs is 1. The largest absolute Gasteiger partial charge is 0.493 e. The molecule has 1 aromatic carbocycles. The minimum Gasteiger partial charge on any atom is -0.493 e. The van der Waals surface area contributed by atoms with E-state index in [1.54, 1.807) is 18.2 Å². The molecule has 0 unspecified atom stereocenters. The second-order valence-electron chi connectivity index (χ2n) is 3.11. The van der Waals surface area contributed by atoms with Crippen molar-refractivity contribution in [2.24, 2.45) is 0 Å². The van der Waals surface area contributed by atoms with Crippen molar-refractivity contribution in [3.8, 4) is 5.75 Å². The number of aromatic nitrogens is 1. The van der Waals surface area contributed by atoms with Gasteiger partial charge in [-0.05, 0) is 12.1 Å². The quantitative estimate of drug-likeness (QED) is 0.737. The highest BCUT2D eigenvalue weighted by Crippen LogP contribution is 2.22. The summed E-state index contributed by atoms with van der Waals surface area (Å²) in [5, 5.41) is 8.59. The first-order chi connectivity index (χ1) is 7.29. The number of aliphatic hydroxyl groups excluding tert-OH is 1. The van der Waals surface area contributed by atoms with Crippen LogP contribution in [0, 0.1) is 0 Å². The molecule has 80 valence electrons. The average molecular weight is 208 g/mol. The number of anilines is 1. The Kier molecular flexibility index (Phi) is 2.73. The lowest BCUT2D eigenvalue weighted by molar-refractivity contribution is 0.233. The average Bonchev–Trinajstić information content (AvgIpc) is 2.57. The van der Waals surface area contributed by atoms with Gasteiger partial charge in [-0.3, -0.25) is 0 Å². The van der Waals surface area contributed by atoms with Crippen LogP contribution in [-0.4, -0.2) is 23.3 Å². The molecule has 0 bridgehead atoms. The van der Waals surface area contributed by atoms with Crippen molar-refractivity contribution in [1.29, 1.82) is 0 Å². The third-order valence-corrected chi connectivity index (χ3v) is 1.95. The molecule has 3 N–H and O–H groups in total. The van der Waals surface area contributed by atoms with Gasteiger partial charge in [-0.25, -0.2) is 0 Å². The molecule has 15 heavy (non-hydrogen) atoms. The Hall–Kier alpha value is -1.75. The third kappa shape index (κ3) is 2.19. The van der Waals surface area contributed by atoms with Crippen LogP contribution in [0.25, 0.3) is 11.1 Å². The summed E-state index contributed by atoms with van der Waals surface area (Å²) in [6.07, 6.45) is 0.608. The number of hydrogen-bond acceptors (Lipinski definition) is 5. The zero-order valence-electron chi connectivity index (χ0n) is 8.14. The Balaban J connectivity index is 2.15. The maximum atomic E-state index is 8.59. The number of aliphatic hydroxyl groups is 1. The molecule has 5 heteroatoms. The molecule has 0 fully saturated rings. The van der Waals surface area contributed by atoms with E-state index in [0.29, 0.717) is 29.9 Å². The standard InChI is InChI=1S/C10H12N2O3/c11-10-12-8-3-2-7(6-9(8)15-10)14-5-1-4-13/h2-3,6,13H,1,4-5H2,(H2,11,12). The van der Waals surface area contributed by atoms with Crippen LogP contribution >= 0.6 is 0 Å². The number of benzene rings is 1. The number of hydrogen-bond donors (Lipinski definition) is 2. The van der Waals surface area contributed by atoms with E-state index in [1.807, 2.05) is 0 Å². The van der Waals surface area contributed by atoms with Gasteiger partial charge in [0.05, 0.1) is 6.61 Å². The van der Waals surface area contributed by atoms with Gasteiger partial charge in [0, 0.05) is 19.1 Å². The zero-order valence-corrected chi connectivity index (χ0v) is 8.14. The summed E-state index contributed by atoms with van der Waals surface area (Å²) in [5.74, 6) is 0.687. The van der Waals surface area contributed by atoms with E-state index < -0.39 is 0 Å². The molecular weight excluding hydrogens is 196 g/mol. The molecule has 0 aliphatic heterocycles. The molecule has 0 saturated heterocycles. The van der Waals surface area contributed by atoms with Crippen LogP contribution in [-0.2, 0) is 0 Å². The Morgan fingerprint density at radius 2 is 2.33 bits per heavy atom. The van der Waals surface area contributed by atoms with Gasteiger partial charge in [-0.15, -0.1) is 0 Å². The van der Waals surface area contributed by atoms with E-state index in [9.17, 15) is 0 Å². The van der Waals surface area contributed by atoms with E-state index in [1.165, 1.54) is 0 Å². The van der Waals surface area contributed by atoms with E-state index in [2.05, 4.69) is 4.98 Å². The lowest BCUT2D eigenvalue weighted by atomic mass is 10.3. The summed E-state index contributed by atoms with van der Waals surface area (Å²) in [7, 11) is 0. The van der Waals surface area contributed by atoms with Crippen LogP contribution in [0.5, 0.6) is 5.75 Å². The molecule has 5 nitrogen and oxygen atoms in total. The molecule has 0 radical (unpaired) electrons. The number of oxazole rings is 1. The number of rotatable bonds is 4. The van der Waals surface area contributed by atoms with Crippen LogP contribution < -0.4 is 10.5 Å². The summed E-state index contributed by atoms with van der Waals surface area (Å²) in [4.78, 5) is 3.97. The Bertz CT molecular complexity index is 453. The smallest absolute Gasteiger partial charge is 0.292 e. The maximum absolute atomic E-state index is 8.59. The van der Waals surface area contributed by atoms with Crippen molar-refractivity contribution >= 4 is 17.1 Å². The molecule has 0 atom stereocenters. The Morgan fingerprint density at radius 1 is 1.47 bits per heavy atom. The highest BCUT2D eigenvalue weighted by molar-refractivity contribution is 5.75. The van der Waals surface area contributed by atoms with Crippen molar-refractivity contribution in [3.05, 3.63) is 18.2 Å². The number of nitrogen functional groups attached to an aromatic ring is 1. The van der Waals surface area contributed by atoms with Crippen molar-refractivity contribution in [1.82, 2.24) is 4.98 Å². The van der Waals surface area contributed by atoms with E-state index in [4.69, 9.17) is 20.0 Å².